The van der Waals surface area contributed by atoms with Gasteiger partial charge in [0.25, 0.3) is 0 Å². The highest BCUT2D eigenvalue weighted by Gasteiger charge is 2.25. The van der Waals surface area contributed by atoms with Gasteiger partial charge in [0, 0.05) is 12.1 Å². The van der Waals surface area contributed by atoms with E-state index in [1.165, 1.54) is 0 Å². The molecule has 22 heavy (non-hydrogen) atoms. The number of hydrogen-bond acceptors (Lipinski definition) is 2. The summed E-state index contributed by atoms with van der Waals surface area (Å²) in [5, 5.41) is 2.53. The summed E-state index contributed by atoms with van der Waals surface area (Å²) in [4.78, 5) is 11.0. The molecule has 0 saturated heterocycles. The van der Waals surface area contributed by atoms with Crippen molar-refractivity contribution in [2.75, 3.05) is 5.32 Å². The lowest BCUT2D eigenvalue weighted by molar-refractivity contribution is -0.135. The third-order valence-electron chi connectivity index (χ3n) is 3.23. The number of hydrogen-bond donors (Lipinski definition) is 1. The first-order valence-electron chi connectivity index (χ1n) is 7.29. The van der Waals surface area contributed by atoms with E-state index in [0.29, 0.717) is 12.1 Å². The van der Waals surface area contributed by atoms with Crippen molar-refractivity contribution in [1.82, 2.24) is 0 Å². The lowest BCUT2D eigenvalue weighted by Gasteiger charge is -2.07. The van der Waals surface area contributed by atoms with Crippen LogP contribution in [0.1, 0.15) is 44.1 Å². The molecule has 0 saturated carbocycles. The Bertz CT molecular complexity index is 461. The molecule has 1 rings (SSSR count). The normalized spacial score (nSPS) is 11.3. The molecule has 0 fully saturated rings. The number of amides is 1. The van der Waals surface area contributed by atoms with E-state index < -0.39 is 18.7 Å². The van der Waals surface area contributed by atoms with Crippen LogP contribution in [0.4, 0.5) is 23.7 Å². The molecule has 1 amide bonds. The van der Waals surface area contributed by atoms with Gasteiger partial charge in [0.1, 0.15) is 7.11 Å². The maximum Gasteiger partial charge on any atom is 0.411 e. The molecule has 0 heterocycles. The first-order valence-corrected chi connectivity index (χ1v) is 7.29. The number of rotatable bonds is 8. The molecule has 3 nitrogen and oxygen atoms in total. The third-order valence-corrected chi connectivity index (χ3v) is 3.23. The summed E-state index contributed by atoms with van der Waals surface area (Å²) < 4.78 is 40.2. The van der Waals surface area contributed by atoms with E-state index >= 15 is 0 Å². The Hall–Kier alpha value is -1.72. The van der Waals surface area contributed by atoms with E-state index in [1.54, 1.807) is 6.07 Å². The molecular weight excluding hydrogens is 295 g/mol. The van der Waals surface area contributed by atoms with Crippen LogP contribution in [-0.4, -0.2) is 12.3 Å². The van der Waals surface area contributed by atoms with Crippen LogP contribution in [0.15, 0.2) is 24.3 Å². The monoisotopic (exact) mass is 316 g/mol. The second-order valence-electron chi connectivity index (χ2n) is 5.14. The summed E-state index contributed by atoms with van der Waals surface area (Å²) >= 11 is 0. The number of aryl methyl sites for hydroxylation is 1. The van der Waals surface area contributed by atoms with Gasteiger partial charge in [0.2, 0.25) is 0 Å². The van der Waals surface area contributed by atoms with Crippen LogP contribution in [0.2, 0.25) is 0 Å². The smallest absolute Gasteiger partial charge is 0.411 e. The van der Waals surface area contributed by atoms with Gasteiger partial charge >= 0.3 is 12.3 Å². The summed E-state index contributed by atoms with van der Waals surface area (Å²) in [6.45, 7) is 0. The maximum atomic E-state index is 12.0. The molecule has 1 radical (unpaired) electrons. The summed E-state index contributed by atoms with van der Waals surface area (Å²) in [5.74, 6) is 0. The molecule has 0 aliphatic heterocycles. The zero-order chi connectivity index (χ0) is 16.4. The largest absolute Gasteiger partial charge is 0.446 e. The van der Waals surface area contributed by atoms with Crippen LogP contribution in [0, 0.1) is 7.11 Å². The highest BCUT2D eigenvalue weighted by atomic mass is 19.4. The van der Waals surface area contributed by atoms with Crippen LogP contribution >= 0.6 is 0 Å². The topological polar surface area (TPSA) is 38.3 Å². The first kappa shape index (κ1) is 18.3. The minimum atomic E-state index is -4.04. The molecule has 0 atom stereocenters. The lowest BCUT2D eigenvalue weighted by atomic mass is 10.0. The summed E-state index contributed by atoms with van der Waals surface area (Å²) in [6, 6.07) is 7.37. The van der Waals surface area contributed by atoms with Gasteiger partial charge in [-0.25, -0.2) is 4.79 Å². The molecular formula is C16H21F3NO2. The molecule has 6 heteroatoms. The number of carbonyl (C=O) groups is 1. The van der Waals surface area contributed by atoms with Gasteiger partial charge in [-0.1, -0.05) is 31.4 Å². The molecule has 1 aromatic rings. The van der Waals surface area contributed by atoms with Gasteiger partial charge in [0.05, 0.1) is 0 Å². The fraction of sp³-hybridized carbons (Fsp3) is 0.500. The van der Waals surface area contributed by atoms with Gasteiger partial charge in [0.15, 0.2) is 0 Å². The van der Waals surface area contributed by atoms with Crippen molar-refractivity contribution in [3.63, 3.8) is 0 Å². The Morgan fingerprint density at radius 2 is 1.82 bits per heavy atom. The second-order valence-corrected chi connectivity index (χ2v) is 5.14. The van der Waals surface area contributed by atoms with Gasteiger partial charge < -0.3 is 4.74 Å². The van der Waals surface area contributed by atoms with Crippen LogP contribution in [0.3, 0.4) is 0 Å². The molecule has 0 unspecified atom stereocenters. The number of carbonyl (C=O) groups excluding carboxylic acids is 1. The fourth-order valence-corrected chi connectivity index (χ4v) is 2.14. The van der Waals surface area contributed by atoms with E-state index in [4.69, 9.17) is 0 Å². The van der Waals surface area contributed by atoms with E-state index in [-0.39, 0.29) is 6.42 Å². The Balaban J connectivity index is 2.19. The highest BCUT2D eigenvalue weighted by molar-refractivity contribution is 5.84. The number of nitrogens with one attached hydrogen (secondary N) is 1. The Morgan fingerprint density at radius 1 is 1.14 bits per heavy atom. The Kier molecular flexibility index (Phi) is 7.77. The van der Waals surface area contributed by atoms with Crippen LogP contribution in [0.5, 0.6) is 0 Å². The number of ether oxygens (including phenoxy) is 1. The molecule has 0 aliphatic carbocycles. The van der Waals surface area contributed by atoms with Crippen LogP contribution in [0.25, 0.3) is 0 Å². The fourth-order valence-electron chi connectivity index (χ4n) is 2.14. The lowest BCUT2D eigenvalue weighted by Crippen LogP contribution is -2.09. The molecule has 0 aromatic heterocycles. The van der Waals surface area contributed by atoms with Gasteiger partial charge in [-0.05, 0) is 37.0 Å². The average Bonchev–Trinajstić information content (AvgIpc) is 2.45. The Labute approximate surface area is 128 Å². The minimum absolute atomic E-state index is 0.204. The number of anilines is 1. The predicted molar refractivity (Wildman–Crippen MR) is 79.4 cm³/mol. The minimum Gasteiger partial charge on any atom is -0.446 e. The molecule has 0 spiro atoms. The van der Waals surface area contributed by atoms with Crippen molar-refractivity contribution in [1.29, 1.82) is 0 Å². The van der Waals surface area contributed by atoms with E-state index in [2.05, 4.69) is 17.2 Å². The number of halogens is 3. The SMILES string of the molecule is [CH2]OC(=O)Nc1cccc(CCCCCCCC(F)(F)F)c1. The summed E-state index contributed by atoms with van der Waals surface area (Å²) in [6.07, 6.45) is -1.10. The van der Waals surface area contributed by atoms with Crippen LogP contribution in [-0.2, 0) is 11.2 Å². The van der Waals surface area contributed by atoms with Crippen molar-refractivity contribution in [2.45, 2.75) is 51.1 Å². The molecule has 123 valence electrons. The standard InChI is InChI=1S/C16H21F3NO2/c1-22-15(21)20-14-10-7-9-13(12-14)8-5-3-2-4-6-11-16(17,18)19/h7,9-10,12H,1-6,8,11H2,(H,20,21). The van der Waals surface area contributed by atoms with E-state index in [0.717, 1.165) is 31.2 Å². The quantitative estimate of drug-likeness (QED) is 0.646. The van der Waals surface area contributed by atoms with Crippen molar-refractivity contribution in [3.05, 3.63) is 36.9 Å². The second kappa shape index (κ2) is 9.33. The van der Waals surface area contributed by atoms with Crippen molar-refractivity contribution < 1.29 is 22.7 Å². The zero-order valence-corrected chi connectivity index (χ0v) is 12.4. The summed E-state index contributed by atoms with van der Waals surface area (Å²) in [7, 11) is 3.02. The molecule has 0 aliphatic rings. The van der Waals surface area contributed by atoms with Gasteiger partial charge in [-0.3, -0.25) is 5.32 Å². The van der Waals surface area contributed by atoms with Gasteiger partial charge in [-0.2, -0.15) is 13.2 Å². The van der Waals surface area contributed by atoms with Gasteiger partial charge in [-0.15, -0.1) is 0 Å². The Morgan fingerprint density at radius 3 is 2.50 bits per heavy atom. The number of benzene rings is 1. The number of alkyl halides is 3. The average molecular weight is 316 g/mol. The maximum absolute atomic E-state index is 12.0. The molecule has 1 aromatic carbocycles. The van der Waals surface area contributed by atoms with Crippen molar-refractivity contribution in [3.8, 4) is 0 Å². The summed E-state index contributed by atoms with van der Waals surface area (Å²) in [5.41, 5.74) is 1.70. The zero-order valence-electron chi connectivity index (χ0n) is 12.4. The van der Waals surface area contributed by atoms with Crippen LogP contribution < -0.4 is 5.32 Å². The van der Waals surface area contributed by atoms with E-state index in [9.17, 15) is 18.0 Å². The molecule has 1 N–H and O–H groups in total. The van der Waals surface area contributed by atoms with E-state index in [1.807, 2.05) is 18.2 Å². The van der Waals surface area contributed by atoms with Crippen molar-refractivity contribution in [2.24, 2.45) is 0 Å². The molecule has 0 bridgehead atoms. The third kappa shape index (κ3) is 8.54. The van der Waals surface area contributed by atoms with Crippen molar-refractivity contribution >= 4 is 11.8 Å². The first-order chi connectivity index (χ1) is 10.4. The highest BCUT2D eigenvalue weighted by Crippen LogP contribution is 2.23. The number of unbranched alkanes of at least 4 members (excludes halogenated alkanes) is 4. The predicted octanol–water partition coefficient (Wildman–Crippen LogP) is 5.47.